The summed E-state index contributed by atoms with van der Waals surface area (Å²) in [5, 5.41) is 1.07. The molecule has 1 aromatic heterocycles. The van der Waals surface area contributed by atoms with E-state index in [2.05, 4.69) is 5.92 Å². The SMILES string of the molecule is C#CCn1ccc2ccc(OC(=O)N(CC)CC)cc21. The van der Waals surface area contributed by atoms with Crippen LogP contribution in [0.2, 0.25) is 0 Å². The summed E-state index contributed by atoms with van der Waals surface area (Å²) < 4.78 is 7.34. The van der Waals surface area contributed by atoms with E-state index in [9.17, 15) is 4.79 Å². The maximum Gasteiger partial charge on any atom is 0.415 e. The van der Waals surface area contributed by atoms with E-state index < -0.39 is 0 Å². The molecule has 0 bridgehead atoms. The van der Waals surface area contributed by atoms with Crippen LogP contribution >= 0.6 is 0 Å². The third-order valence-electron chi connectivity index (χ3n) is 3.23. The molecule has 0 saturated carbocycles. The Balaban J connectivity index is 2.25. The number of amides is 1. The number of carbonyl (C=O) groups is 1. The number of benzene rings is 1. The van der Waals surface area contributed by atoms with E-state index in [1.54, 1.807) is 11.0 Å². The molecule has 2 aromatic rings. The van der Waals surface area contributed by atoms with Crippen molar-refractivity contribution in [1.82, 2.24) is 9.47 Å². The van der Waals surface area contributed by atoms with Gasteiger partial charge in [0.25, 0.3) is 0 Å². The van der Waals surface area contributed by atoms with Crippen molar-refractivity contribution in [3.63, 3.8) is 0 Å². The summed E-state index contributed by atoms with van der Waals surface area (Å²) in [4.78, 5) is 13.6. The average Bonchev–Trinajstić information content (AvgIpc) is 2.83. The molecule has 0 fully saturated rings. The Labute approximate surface area is 118 Å². The van der Waals surface area contributed by atoms with Gasteiger partial charge in [-0.1, -0.05) is 5.92 Å². The van der Waals surface area contributed by atoms with Crippen molar-refractivity contribution >= 4 is 17.0 Å². The summed E-state index contributed by atoms with van der Waals surface area (Å²) in [6, 6.07) is 7.55. The van der Waals surface area contributed by atoms with Crippen molar-refractivity contribution < 1.29 is 9.53 Å². The third kappa shape index (κ3) is 2.77. The summed E-state index contributed by atoms with van der Waals surface area (Å²) in [7, 11) is 0. The standard InChI is InChI=1S/C16H18N2O2/c1-4-10-18-11-9-13-7-8-14(12-15(13)18)20-16(19)17(5-2)6-3/h1,7-9,11-12H,5-6,10H2,2-3H3. The number of terminal acetylenes is 1. The third-order valence-corrected chi connectivity index (χ3v) is 3.23. The van der Waals surface area contributed by atoms with E-state index in [1.807, 2.05) is 42.8 Å². The molecule has 0 aliphatic rings. The summed E-state index contributed by atoms with van der Waals surface area (Å²) in [5.41, 5.74) is 0.966. The van der Waals surface area contributed by atoms with Crippen molar-refractivity contribution in [2.45, 2.75) is 20.4 Å². The molecule has 1 amide bonds. The lowest BCUT2D eigenvalue weighted by atomic mass is 10.2. The van der Waals surface area contributed by atoms with Gasteiger partial charge in [-0.25, -0.2) is 4.79 Å². The number of fused-ring (bicyclic) bond motifs is 1. The number of hydrogen-bond acceptors (Lipinski definition) is 2. The number of rotatable bonds is 4. The molecule has 0 unspecified atom stereocenters. The van der Waals surface area contributed by atoms with Gasteiger partial charge in [-0.2, -0.15) is 0 Å². The Bertz CT molecular complexity index is 648. The highest BCUT2D eigenvalue weighted by Crippen LogP contribution is 2.22. The quantitative estimate of drug-likeness (QED) is 0.800. The van der Waals surface area contributed by atoms with Gasteiger partial charge in [0.1, 0.15) is 5.75 Å². The Morgan fingerprint density at radius 2 is 2.10 bits per heavy atom. The van der Waals surface area contributed by atoms with Gasteiger partial charge in [-0.3, -0.25) is 0 Å². The molecular formula is C16H18N2O2. The molecule has 4 nitrogen and oxygen atoms in total. The predicted molar refractivity (Wildman–Crippen MR) is 79.7 cm³/mol. The first-order valence-corrected chi connectivity index (χ1v) is 6.68. The van der Waals surface area contributed by atoms with E-state index in [0.717, 1.165) is 10.9 Å². The van der Waals surface area contributed by atoms with E-state index in [-0.39, 0.29) is 6.09 Å². The highest BCUT2D eigenvalue weighted by molar-refractivity contribution is 5.82. The largest absolute Gasteiger partial charge is 0.415 e. The highest BCUT2D eigenvalue weighted by atomic mass is 16.6. The zero-order chi connectivity index (χ0) is 14.5. The molecule has 0 saturated heterocycles. The van der Waals surface area contributed by atoms with Crippen molar-refractivity contribution in [1.29, 1.82) is 0 Å². The lowest BCUT2D eigenvalue weighted by Crippen LogP contribution is -2.33. The van der Waals surface area contributed by atoms with Crippen molar-refractivity contribution in [2.75, 3.05) is 13.1 Å². The fourth-order valence-corrected chi connectivity index (χ4v) is 2.11. The molecular weight excluding hydrogens is 252 g/mol. The Morgan fingerprint density at radius 3 is 2.75 bits per heavy atom. The molecule has 0 spiro atoms. The van der Waals surface area contributed by atoms with E-state index in [4.69, 9.17) is 11.2 Å². The molecule has 0 radical (unpaired) electrons. The number of aromatic nitrogens is 1. The second-order valence-electron chi connectivity index (χ2n) is 4.41. The Morgan fingerprint density at radius 1 is 1.35 bits per heavy atom. The molecule has 1 aromatic carbocycles. The second-order valence-corrected chi connectivity index (χ2v) is 4.41. The summed E-state index contributed by atoms with van der Waals surface area (Å²) in [6.45, 7) is 5.60. The number of carbonyl (C=O) groups excluding carboxylic acids is 1. The van der Waals surface area contributed by atoms with Crippen molar-refractivity contribution in [2.24, 2.45) is 0 Å². The molecule has 0 N–H and O–H groups in total. The van der Waals surface area contributed by atoms with Crippen LogP contribution in [0.3, 0.4) is 0 Å². The smallest absolute Gasteiger partial charge is 0.410 e. The summed E-state index contributed by atoms with van der Waals surface area (Å²) in [6.07, 6.45) is 6.94. The predicted octanol–water partition coefficient (Wildman–Crippen LogP) is 3.12. The fraction of sp³-hybridized carbons (Fsp3) is 0.312. The molecule has 0 atom stereocenters. The molecule has 4 heteroatoms. The zero-order valence-electron chi connectivity index (χ0n) is 11.8. The van der Waals surface area contributed by atoms with Crippen LogP contribution in [0.1, 0.15) is 13.8 Å². The molecule has 104 valence electrons. The molecule has 1 heterocycles. The first kappa shape index (κ1) is 14.0. The monoisotopic (exact) mass is 270 g/mol. The van der Waals surface area contributed by atoms with Gasteiger partial charge in [-0.05, 0) is 37.4 Å². The van der Waals surface area contributed by atoms with Gasteiger partial charge in [0.2, 0.25) is 0 Å². The van der Waals surface area contributed by atoms with Crippen LogP contribution in [-0.2, 0) is 6.54 Å². The van der Waals surface area contributed by atoms with E-state index >= 15 is 0 Å². The first-order chi connectivity index (χ1) is 9.69. The molecule has 2 rings (SSSR count). The van der Waals surface area contributed by atoms with Crippen LogP contribution in [-0.4, -0.2) is 28.6 Å². The minimum Gasteiger partial charge on any atom is -0.410 e. The normalized spacial score (nSPS) is 10.2. The van der Waals surface area contributed by atoms with Crippen LogP contribution in [0.5, 0.6) is 5.75 Å². The van der Waals surface area contributed by atoms with Gasteiger partial charge in [0.05, 0.1) is 12.1 Å². The minimum atomic E-state index is -0.329. The van der Waals surface area contributed by atoms with Crippen LogP contribution < -0.4 is 4.74 Å². The van der Waals surface area contributed by atoms with Gasteiger partial charge in [0.15, 0.2) is 0 Å². The van der Waals surface area contributed by atoms with Crippen molar-refractivity contribution in [3.8, 4) is 18.1 Å². The Hall–Kier alpha value is -2.41. The van der Waals surface area contributed by atoms with Crippen LogP contribution in [0.25, 0.3) is 10.9 Å². The summed E-state index contributed by atoms with van der Waals surface area (Å²) in [5.74, 6) is 3.14. The molecule has 0 aliphatic heterocycles. The maximum atomic E-state index is 11.9. The number of hydrogen-bond donors (Lipinski definition) is 0. The minimum absolute atomic E-state index is 0.329. The fourth-order valence-electron chi connectivity index (χ4n) is 2.11. The van der Waals surface area contributed by atoms with Gasteiger partial charge in [0, 0.05) is 25.4 Å². The van der Waals surface area contributed by atoms with Gasteiger partial charge in [-0.15, -0.1) is 6.42 Å². The molecule has 20 heavy (non-hydrogen) atoms. The van der Waals surface area contributed by atoms with E-state index in [1.165, 1.54) is 0 Å². The van der Waals surface area contributed by atoms with E-state index in [0.29, 0.717) is 25.4 Å². The summed E-state index contributed by atoms with van der Waals surface area (Å²) >= 11 is 0. The Kier molecular flexibility index (Phi) is 4.31. The number of ether oxygens (including phenoxy) is 1. The maximum absolute atomic E-state index is 11.9. The van der Waals surface area contributed by atoms with Crippen LogP contribution in [0.15, 0.2) is 30.5 Å². The second kappa shape index (κ2) is 6.16. The highest BCUT2D eigenvalue weighted by Gasteiger charge is 2.12. The lowest BCUT2D eigenvalue weighted by molar-refractivity contribution is 0.157. The topological polar surface area (TPSA) is 34.5 Å². The lowest BCUT2D eigenvalue weighted by Gasteiger charge is -2.17. The van der Waals surface area contributed by atoms with Gasteiger partial charge >= 0.3 is 6.09 Å². The number of nitrogens with zero attached hydrogens (tertiary/aromatic N) is 2. The first-order valence-electron chi connectivity index (χ1n) is 6.68. The van der Waals surface area contributed by atoms with Crippen molar-refractivity contribution in [3.05, 3.63) is 30.5 Å². The molecule has 0 aliphatic carbocycles. The van der Waals surface area contributed by atoms with Crippen LogP contribution in [0.4, 0.5) is 4.79 Å². The average molecular weight is 270 g/mol. The van der Waals surface area contributed by atoms with Gasteiger partial charge < -0.3 is 14.2 Å². The van der Waals surface area contributed by atoms with Crippen LogP contribution in [0, 0.1) is 12.3 Å². The zero-order valence-corrected chi connectivity index (χ0v) is 11.8.